The molecule has 0 aromatic heterocycles. The molecule has 0 bridgehead atoms. The second-order valence-corrected chi connectivity index (χ2v) is 5.78. The molecular weight excluding hydrogens is 320 g/mol. The van der Waals surface area contributed by atoms with E-state index < -0.39 is 0 Å². The van der Waals surface area contributed by atoms with Crippen molar-refractivity contribution in [3.8, 4) is 11.5 Å². The van der Waals surface area contributed by atoms with Crippen molar-refractivity contribution in [3.63, 3.8) is 0 Å². The van der Waals surface area contributed by atoms with Crippen LogP contribution in [0.25, 0.3) is 6.08 Å². The maximum atomic E-state index is 11.8. The lowest BCUT2D eigenvalue weighted by molar-refractivity contribution is -0.131. The van der Waals surface area contributed by atoms with Crippen LogP contribution in [0.15, 0.2) is 18.2 Å². The minimum absolute atomic E-state index is 0.0189. The largest absolute Gasteiger partial charge is 0.454 e. The minimum Gasteiger partial charge on any atom is -0.454 e. The van der Waals surface area contributed by atoms with Gasteiger partial charge in [0.25, 0.3) is 0 Å². The van der Waals surface area contributed by atoms with Crippen LogP contribution in [0, 0.1) is 0 Å². The number of halogens is 1. The van der Waals surface area contributed by atoms with E-state index in [1.54, 1.807) is 23.1 Å². The number of hydrogen-bond acceptors (Lipinski definition) is 4. The summed E-state index contributed by atoms with van der Waals surface area (Å²) in [5.74, 6) is 0.702. The number of ether oxygens (including phenoxy) is 2. The average Bonchev–Trinajstić information content (AvgIpc) is 3.21. The Bertz CT molecular complexity index is 654. The molecule has 2 aliphatic heterocycles. The Morgan fingerprint density at radius 2 is 2.04 bits per heavy atom. The molecule has 0 unspecified atom stereocenters. The first-order chi connectivity index (χ1) is 11.1. The fraction of sp³-hybridized carbons (Fsp3) is 0.375. The first-order valence-corrected chi connectivity index (χ1v) is 7.84. The van der Waals surface area contributed by atoms with E-state index >= 15 is 0 Å². The summed E-state index contributed by atoms with van der Waals surface area (Å²) < 4.78 is 10.5. The van der Waals surface area contributed by atoms with Crippen molar-refractivity contribution in [2.24, 2.45) is 0 Å². The molecule has 1 saturated heterocycles. The Balaban J connectivity index is 1.54. The lowest BCUT2D eigenvalue weighted by atomic mass is 10.2. The molecule has 1 N–H and O–H groups in total. The molecule has 1 fully saturated rings. The van der Waals surface area contributed by atoms with E-state index in [2.05, 4.69) is 5.32 Å². The highest BCUT2D eigenvalue weighted by Crippen LogP contribution is 2.39. The maximum Gasteiger partial charge on any atom is 0.244 e. The molecule has 2 heterocycles. The molecule has 0 spiro atoms. The van der Waals surface area contributed by atoms with Crippen LogP contribution in [-0.4, -0.2) is 43.1 Å². The molecule has 23 heavy (non-hydrogen) atoms. The third-order valence-corrected chi connectivity index (χ3v) is 4.03. The van der Waals surface area contributed by atoms with Gasteiger partial charge in [-0.1, -0.05) is 11.6 Å². The summed E-state index contributed by atoms with van der Waals surface area (Å²) in [7, 11) is 0. The molecule has 0 aliphatic carbocycles. The zero-order valence-corrected chi connectivity index (χ0v) is 13.3. The third-order valence-electron chi connectivity index (χ3n) is 3.75. The van der Waals surface area contributed by atoms with Gasteiger partial charge < -0.3 is 19.7 Å². The monoisotopic (exact) mass is 336 g/mol. The Hall–Kier alpha value is -2.21. The van der Waals surface area contributed by atoms with Gasteiger partial charge in [-0.05, 0) is 36.6 Å². The molecule has 7 heteroatoms. The number of nitrogens with one attached hydrogen (secondary N) is 1. The van der Waals surface area contributed by atoms with Gasteiger partial charge in [-0.3, -0.25) is 9.59 Å². The predicted octanol–water partition coefficient (Wildman–Crippen LogP) is 1.82. The van der Waals surface area contributed by atoms with Crippen molar-refractivity contribution in [2.45, 2.75) is 12.8 Å². The number of nitrogens with zero attached hydrogens (tertiary/aromatic N) is 1. The van der Waals surface area contributed by atoms with E-state index in [0.717, 1.165) is 31.5 Å². The van der Waals surface area contributed by atoms with Gasteiger partial charge in [0, 0.05) is 19.2 Å². The summed E-state index contributed by atoms with van der Waals surface area (Å²) in [5.41, 5.74) is 0.722. The highest BCUT2D eigenvalue weighted by Gasteiger charge is 2.18. The Morgan fingerprint density at radius 1 is 1.26 bits per heavy atom. The molecule has 0 atom stereocenters. The minimum atomic E-state index is -0.327. The van der Waals surface area contributed by atoms with Gasteiger partial charge in [0.1, 0.15) is 0 Å². The Kier molecular flexibility index (Phi) is 4.71. The number of fused-ring (bicyclic) bond motifs is 1. The first-order valence-electron chi connectivity index (χ1n) is 7.46. The summed E-state index contributed by atoms with van der Waals surface area (Å²) in [5, 5.41) is 3.03. The maximum absolute atomic E-state index is 11.8. The number of likely N-dealkylation sites (tertiary alicyclic amines) is 1. The second kappa shape index (κ2) is 6.91. The summed E-state index contributed by atoms with van der Waals surface area (Å²) in [6.45, 7) is 1.72. The highest BCUT2D eigenvalue weighted by atomic mass is 35.5. The molecule has 122 valence electrons. The van der Waals surface area contributed by atoms with Crippen molar-refractivity contribution in [1.29, 1.82) is 0 Å². The lowest BCUT2D eigenvalue weighted by Gasteiger charge is -2.14. The summed E-state index contributed by atoms with van der Waals surface area (Å²) in [4.78, 5) is 25.4. The molecule has 1 aromatic rings. The van der Waals surface area contributed by atoms with Crippen molar-refractivity contribution >= 4 is 29.5 Å². The van der Waals surface area contributed by atoms with E-state index in [1.165, 1.54) is 6.08 Å². The van der Waals surface area contributed by atoms with Gasteiger partial charge in [0.15, 0.2) is 11.5 Å². The van der Waals surface area contributed by atoms with E-state index in [0.29, 0.717) is 16.5 Å². The fourth-order valence-corrected chi connectivity index (χ4v) is 2.83. The highest BCUT2D eigenvalue weighted by molar-refractivity contribution is 6.32. The SMILES string of the molecule is O=C(/C=C/c1cc(Cl)c2c(c1)OCO2)NCC(=O)N1CCCC1. The van der Waals surface area contributed by atoms with Crippen LogP contribution >= 0.6 is 11.6 Å². The number of amides is 2. The van der Waals surface area contributed by atoms with Crippen LogP contribution in [0.5, 0.6) is 11.5 Å². The molecule has 1 aromatic carbocycles. The van der Waals surface area contributed by atoms with Crippen molar-refractivity contribution in [2.75, 3.05) is 26.4 Å². The predicted molar refractivity (Wildman–Crippen MR) is 85.4 cm³/mol. The van der Waals surface area contributed by atoms with E-state index in [1.807, 2.05) is 0 Å². The van der Waals surface area contributed by atoms with Gasteiger partial charge in [0.05, 0.1) is 11.6 Å². The van der Waals surface area contributed by atoms with Crippen molar-refractivity contribution < 1.29 is 19.1 Å². The molecule has 2 aliphatic rings. The third kappa shape index (κ3) is 3.76. The number of carbonyl (C=O) groups is 2. The van der Waals surface area contributed by atoms with Gasteiger partial charge in [0.2, 0.25) is 18.6 Å². The molecule has 2 amide bonds. The molecule has 6 nitrogen and oxygen atoms in total. The number of benzene rings is 1. The van der Waals surface area contributed by atoms with Crippen molar-refractivity contribution in [1.82, 2.24) is 10.2 Å². The van der Waals surface area contributed by atoms with E-state index in [4.69, 9.17) is 21.1 Å². The second-order valence-electron chi connectivity index (χ2n) is 5.38. The van der Waals surface area contributed by atoms with Crippen LogP contribution in [0.1, 0.15) is 18.4 Å². The molecule has 3 rings (SSSR count). The standard InChI is InChI=1S/C16H17ClN2O4/c17-12-7-11(8-13-16(12)23-10-22-13)3-4-14(20)18-9-15(21)19-5-1-2-6-19/h3-4,7-8H,1-2,5-6,9-10H2,(H,18,20)/b4-3+. The number of carbonyl (C=O) groups excluding carboxylic acids is 2. The van der Waals surface area contributed by atoms with Gasteiger partial charge in [-0.2, -0.15) is 0 Å². The molecule has 0 saturated carbocycles. The topological polar surface area (TPSA) is 67.9 Å². The van der Waals surface area contributed by atoms with Crippen LogP contribution in [0.2, 0.25) is 5.02 Å². The van der Waals surface area contributed by atoms with Gasteiger partial charge in [-0.15, -0.1) is 0 Å². The Labute approximate surface area is 139 Å². The van der Waals surface area contributed by atoms with Gasteiger partial charge in [-0.25, -0.2) is 0 Å². The van der Waals surface area contributed by atoms with Crippen molar-refractivity contribution in [3.05, 3.63) is 28.8 Å². The van der Waals surface area contributed by atoms with Gasteiger partial charge >= 0.3 is 0 Å². The average molecular weight is 337 g/mol. The zero-order valence-electron chi connectivity index (χ0n) is 12.5. The summed E-state index contributed by atoms with van der Waals surface area (Å²) in [6, 6.07) is 3.43. The zero-order chi connectivity index (χ0) is 16.2. The summed E-state index contributed by atoms with van der Waals surface area (Å²) in [6.07, 6.45) is 5.05. The van der Waals surface area contributed by atoms with E-state index in [-0.39, 0.29) is 25.2 Å². The van der Waals surface area contributed by atoms with Crippen LogP contribution in [0.3, 0.4) is 0 Å². The first kappa shape index (κ1) is 15.7. The Morgan fingerprint density at radius 3 is 2.83 bits per heavy atom. The van der Waals surface area contributed by atoms with Crippen LogP contribution < -0.4 is 14.8 Å². The lowest BCUT2D eigenvalue weighted by Crippen LogP contribution is -2.38. The quantitative estimate of drug-likeness (QED) is 0.852. The smallest absolute Gasteiger partial charge is 0.244 e. The fourth-order valence-electron chi connectivity index (χ4n) is 2.56. The number of hydrogen-bond donors (Lipinski definition) is 1. The molecule has 0 radical (unpaired) electrons. The molecular formula is C16H17ClN2O4. The number of rotatable bonds is 4. The normalized spacial score (nSPS) is 16.1. The van der Waals surface area contributed by atoms with E-state index in [9.17, 15) is 9.59 Å². The van der Waals surface area contributed by atoms with Crippen LogP contribution in [-0.2, 0) is 9.59 Å². The van der Waals surface area contributed by atoms with Crippen LogP contribution in [0.4, 0.5) is 0 Å². The summed E-state index contributed by atoms with van der Waals surface area (Å²) >= 11 is 6.08.